The van der Waals surface area contributed by atoms with Gasteiger partial charge in [0, 0.05) is 5.56 Å². The number of nitrogens with zero attached hydrogens (tertiary/aromatic N) is 3. The van der Waals surface area contributed by atoms with E-state index in [1.807, 2.05) is 6.07 Å². The van der Waals surface area contributed by atoms with Gasteiger partial charge in [-0.25, -0.2) is 9.98 Å². The van der Waals surface area contributed by atoms with Crippen molar-refractivity contribution >= 4 is 6.02 Å². The second-order valence-electron chi connectivity index (χ2n) is 5.46. The lowest BCUT2D eigenvalue weighted by Gasteiger charge is -2.24. The molecule has 0 saturated heterocycles. The number of hydrogen-bond acceptors (Lipinski definition) is 5. The first-order chi connectivity index (χ1) is 11.2. The minimum absolute atomic E-state index is 0.161. The summed E-state index contributed by atoms with van der Waals surface area (Å²) in [7, 11) is 3.13. The average Bonchev–Trinajstić information content (AvgIpc) is 2.61. The van der Waals surface area contributed by atoms with Crippen molar-refractivity contribution in [1.82, 2.24) is 9.97 Å². The van der Waals surface area contributed by atoms with Crippen molar-refractivity contribution in [3.63, 3.8) is 0 Å². The molecule has 0 saturated carbocycles. The molecule has 6 heteroatoms. The van der Waals surface area contributed by atoms with Crippen LogP contribution in [0.5, 0.6) is 5.88 Å². The Balaban J connectivity index is 1.93. The van der Waals surface area contributed by atoms with Crippen LogP contribution in [0.4, 0.5) is 0 Å². The molecule has 2 N–H and O–H groups in total. The summed E-state index contributed by atoms with van der Waals surface area (Å²) in [5.41, 5.74) is 10.2. The summed E-state index contributed by atoms with van der Waals surface area (Å²) in [5, 5.41) is 0. The zero-order valence-electron chi connectivity index (χ0n) is 13.3. The van der Waals surface area contributed by atoms with Gasteiger partial charge in [-0.3, -0.25) is 4.98 Å². The molecule has 0 fully saturated rings. The lowest BCUT2D eigenvalue weighted by atomic mass is 9.85. The Morgan fingerprint density at radius 3 is 2.96 bits per heavy atom. The predicted octanol–water partition coefficient (Wildman–Crippen LogP) is 1.97. The third-order valence-corrected chi connectivity index (χ3v) is 4.07. The highest BCUT2D eigenvalue weighted by Gasteiger charge is 2.21. The van der Waals surface area contributed by atoms with Crippen LogP contribution in [0.15, 0.2) is 35.6 Å². The second kappa shape index (κ2) is 6.64. The predicted molar refractivity (Wildman–Crippen MR) is 88.5 cm³/mol. The quantitative estimate of drug-likeness (QED) is 0.692. The van der Waals surface area contributed by atoms with Crippen molar-refractivity contribution < 1.29 is 9.47 Å². The fourth-order valence-electron chi connectivity index (χ4n) is 2.95. The Hall–Kier alpha value is -2.63. The van der Waals surface area contributed by atoms with Crippen LogP contribution in [0.25, 0.3) is 11.3 Å². The number of hydrogen-bond donors (Lipinski definition) is 1. The van der Waals surface area contributed by atoms with Crippen molar-refractivity contribution in [1.29, 1.82) is 0 Å². The molecular formula is C17H20N4O2. The Morgan fingerprint density at radius 1 is 1.30 bits per heavy atom. The standard InChI is InChI=1S/C17H20N4O2/c1-22-16-10-19-9-15(21-16)14-5-3-4-11-8-12(6-7-13(11)14)20-17(18)23-2/h3-5,9-10,12H,6-8H2,1-2H3,(H2,18,20). The van der Waals surface area contributed by atoms with Gasteiger partial charge in [0.2, 0.25) is 5.88 Å². The Kier molecular flexibility index (Phi) is 4.41. The summed E-state index contributed by atoms with van der Waals surface area (Å²) in [6, 6.07) is 6.66. The van der Waals surface area contributed by atoms with Crippen molar-refractivity contribution in [2.45, 2.75) is 25.3 Å². The maximum atomic E-state index is 5.67. The number of methoxy groups -OCH3 is 2. The van der Waals surface area contributed by atoms with Crippen LogP contribution >= 0.6 is 0 Å². The number of ether oxygens (including phenoxy) is 2. The molecule has 23 heavy (non-hydrogen) atoms. The largest absolute Gasteiger partial charge is 0.480 e. The van der Waals surface area contributed by atoms with Crippen molar-refractivity contribution in [2.75, 3.05) is 14.2 Å². The first-order valence-electron chi connectivity index (χ1n) is 7.55. The number of nitrogens with two attached hydrogens (primary N) is 1. The third kappa shape index (κ3) is 3.26. The minimum Gasteiger partial charge on any atom is -0.480 e. The van der Waals surface area contributed by atoms with E-state index in [4.69, 9.17) is 15.2 Å². The maximum Gasteiger partial charge on any atom is 0.281 e. The lowest BCUT2D eigenvalue weighted by molar-refractivity contribution is 0.387. The molecule has 0 amide bonds. The first kappa shape index (κ1) is 15.3. The van der Waals surface area contributed by atoms with E-state index in [-0.39, 0.29) is 12.1 Å². The summed E-state index contributed by atoms with van der Waals surface area (Å²) in [6.45, 7) is 0. The van der Waals surface area contributed by atoms with Crippen molar-refractivity contribution in [2.24, 2.45) is 10.7 Å². The Bertz CT molecular complexity index is 730. The number of fused-ring (bicyclic) bond motifs is 1. The average molecular weight is 312 g/mol. The highest BCUT2D eigenvalue weighted by Crippen LogP contribution is 2.32. The molecule has 0 bridgehead atoms. The van der Waals surface area contributed by atoms with Gasteiger partial charge in [0.25, 0.3) is 6.02 Å². The van der Waals surface area contributed by atoms with Crippen LogP contribution in [-0.2, 0) is 17.6 Å². The van der Waals surface area contributed by atoms with Crippen LogP contribution in [-0.4, -0.2) is 36.3 Å². The molecule has 0 spiro atoms. The normalized spacial score (nSPS) is 17.5. The molecule has 1 aliphatic carbocycles. The molecule has 1 aromatic carbocycles. The van der Waals surface area contributed by atoms with E-state index in [1.54, 1.807) is 19.5 Å². The number of rotatable bonds is 3. The zero-order valence-corrected chi connectivity index (χ0v) is 13.3. The number of amidine groups is 1. The van der Waals surface area contributed by atoms with Gasteiger partial charge < -0.3 is 15.2 Å². The van der Waals surface area contributed by atoms with Gasteiger partial charge in [0.1, 0.15) is 0 Å². The minimum atomic E-state index is 0.161. The van der Waals surface area contributed by atoms with E-state index in [9.17, 15) is 0 Å². The van der Waals surface area contributed by atoms with E-state index in [1.165, 1.54) is 18.2 Å². The first-order valence-corrected chi connectivity index (χ1v) is 7.55. The molecule has 1 heterocycles. The monoisotopic (exact) mass is 312 g/mol. The molecule has 1 aromatic heterocycles. The van der Waals surface area contributed by atoms with E-state index < -0.39 is 0 Å². The zero-order chi connectivity index (χ0) is 16.2. The number of aromatic nitrogens is 2. The van der Waals surface area contributed by atoms with Gasteiger partial charge >= 0.3 is 0 Å². The van der Waals surface area contributed by atoms with Gasteiger partial charge in [-0.1, -0.05) is 18.2 Å². The van der Waals surface area contributed by atoms with Crippen molar-refractivity contribution in [3.8, 4) is 17.1 Å². The Labute approximate surface area is 135 Å². The summed E-state index contributed by atoms with van der Waals surface area (Å²) in [5.74, 6) is 0.520. The van der Waals surface area contributed by atoms with Crippen LogP contribution < -0.4 is 10.5 Å². The molecule has 0 radical (unpaired) electrons. The molecule has 1 atom stereocenters. The smallest absolute Gasteiger partial charge is 0.281 e. The van der Waals surface area contributed by atoms with E-state index in [0.29, 0.717) is 5.88 Å². The van der Waals surface area contributed by atoms with Crippen LogP contribution in [0, 0.1) is 0 Å². The van der Waals surface area contributed by atoms with Gasteiger partial charge in [-0.2, -0.15) is 0 Å². The molecule has 6 nitrogen and oxygen atoms in total. The fraction of sp³-hybridized carbons (Fsp3) is 0.353. The van der Waals surface area contributed by atoms with E-state index >= 15 is 0 Å². The maximum absolute atomic E-state index is 5.67. The summed E-state index contributed by atoms with van der Waals surface area (Å²) < 4.78 is 10.1. The van der Waals surface area contributed by atoms with Crippen LogP contribution in [0.1, 0.15) is 17.5 Å². The molecular weight excluding hydrogens is 292 g/mol. The van der Waals surface area contributed by atoms with Gasteiger partial charge in [-0.15, -0.1) is 0 Å². The molecule has 3 rings (SSSR count). The highest BCUT2D eigenvalue weighted by atomic mass is 16.5. The highest BCUT2D eigenvalue weighted by molar-refractivity contribution is 5.71. The summed E-state index contributed by atoms with van der Waals surface area (Å²) >= 11 is 0. The number of benzene rings is 1. The lowest BCUT2D eigenvalue weighted by Crippen LogP contribution is -2.23. The number of aliphatic imine (C=N–C) groups is 1. The van der Waals surface area contributed by atoms with E-state index in [0.717, 1.165) is 30.5 Å². The fourth-order valence-corrected chi connectivity index (χ4v) is 2.95. The second-order valence-corrected chi connectivity index (χ2v) is 5.46. The van der Waals surface area contributed by atoms with E-state index in [2.05, 4.69) is 27.1 Å². The third-order valence-electron chi connectivity index (χ3n) is 4.07. The summed E-state index contributed by atoms with van der Waals surface area (Å²) in [6.07, 6.45) is 6.09. The van der Waals surface area contributed by atoms with Crippen molar-refractivity contribution in [3.05, 3.63) is 41.7 Å². The van der Waals surface area contributed by atoms with Gasteiger partial charge in [0.05, 0.1) is 38.3 Å². The molecule has 2 aromatic rings. The molecule has 1 unspecified atom stereocenters. The van der Waals surface area contributed by atoms with Gasteiger partial charge in [-0.05, 0) is 30.4 Å². The topological polar surface area (TPSA) is 82.6 Å². The Morgan fingerprint density at radius 2 is 2.17 bits per heavy atom. The molecule has 120 valence electrons. The molecule has 1 aliphatic rings. The SMILES string of the molecule is COC(N)=NC1CCc2c(cccc2-c2cncc(OC)n2)C1. The summed E-state index contributed by atoms with van der Waals surface area (Å²) in [4.78, 5) is 13.1. The van der Waals surface area contributed by atoms with Crippen LogP contribution in [0.2, 0.25) is 0 Å². The van der Waals surface area contributed by atoms with Gasteiger partial charge in [0.15, 0.2) is 0 Å². The van der Waals surface area contributed by atoms with Crippen LogP contribution in [0.3, 0.4) is 0 Å². The molecule has 0 aliphatic heterocycles.